The summed E-state index contributed by atoms with van der Waals surface area (Å²) in [5.74, 6) is 1.73. The summed E-state index contributed by atoms with van der Waals surface area (Å²) in [7, 11) is 1.88. The molecular weight excluding hydrogens is 318 g/mol. The number of ether oxygens (including phenoxy) is 2. The molecule has 1 amide bonds. The Morgan fingerprint density at radius 1 is 1.32 bits per heavy atom. The molecule has 0 fully saturated rings. The molecule has 1 aliphatic heterocycles. The van der Waals surface area contributed by atoms with Crippen molar-refractivity contribution in [2.24, 2.45) is 7.05 Å². The highest BCUT2D eigenvalue weighted by molar-refractivity contribution is 5.92. The predicted molar refractivity (Wildman–Crippen MR) is 95.1 cm³/mol. The van der Waals surface area contributed by atoms with Gasteiger partial charge in [0.05, 0.1) is 0 Å². The van der Waals surface area contributed by atoms with E-state index >= 15 is 0 Å². The first-order valence-electron chi connectivity index (χ1n) is 8.72. The van der Waals surface area contributed by atoms with E-state index in [1.54, 1.807) is 9.58 Å². The van der Waals surface area contributed by atoms with Gasteiger partial charge in [0, 0.05) is 31.4 Å². The van der Waals surface area contributed by atoms with Crippen LogP contribution in [0.3, 0.4) is 0 Å². The van der Waals surface area contributed by atoms with E-state index in [9.17, 15) is 4.79 Å². The van der Waals surface area contributed by atoms with Gasteiger partial charge in [0.2, 0.25) is 0 Å². The highest BCUT2D eigenvalue weighted by Crippen LogP contribution is 2.34. The van der Waals surface area contributed by atoms with Crippen LogP contribution in [0.4, 0.5) is 0 Å². The summed E-state index contributed by atoms with van der Waals surface area (Å²) < 4.78 is 13.2. The van der Waals surface area contributed by atoms with Crippen molar-refractivity contribution in [2.45, 2.75) is 33.2 Å². The molecule has 0 aliphatic carbocycles. The standard InChI is InChI=1S/C19H25N3O3/c1-5-22(19(23)15-11-16(13(2)3)21(4)20-15)12-14-7-6-8-17-18(14)25-10-9-24-17/h6-8,11,13H,5,9-10,12H2,1-4H3. The first-order valence-corrected chi connectivity index (χ1v) is 8.72. The van der Waals surface area contributed by atoms with Crippen LogP contribution in [-0.4, -0.2) is 40.3 Å². The molecule has 134 valence electrons. The molecular formula is C19H25N3O3. The average Bonchev–Trinajstić information content (AvgIpc) is 3.01. The number of nitrogens with zero attached hydrogens (tertiary/aromatic N) is 3. The van der Waals surface area contributed by atoms with Crippen molar-refractivity contribution in [1.82, 2.24) is 14.7 Å². The van der Waals surface area contributed by atoms with Gasteiger partial charge < -0.3 is 14.4 Å². The van der Waals surface area contributed by atoms with Crippen molar-refractivity contribution >= 4 is 5.91 Å². The number of amides is 1. The summed E-state index contributed by atoms with van der Waals surface area (Å²) in [6.45, 7) is 8.30. The number of hydrogen-bond donors (Lipinski definition) is 0. The van der Waals surface area contributed by atoms with E-state index in [2.05, 4.69) is 18.9 Å². The normalized spacial score (nSPS) is 13.2. The van der Waals surface area contributed by atoms with E-state index < -0.39 is 0 Å². The molecule has 0 saturated carbocycles. The Bertz CT molecular complexity index is 767. The molecule has 1 aromatic heterocycles. The van der Waals surface area contributed by atoms with Crippen LogP contribution in [0.2, 0.25) is 0 Å². The van der Waals surface area contributed by atoms with Crippen molar-refractivity contribution in [1.29, 1.82) is 0 Å². The maximum atomic E-state index is 12.9. The zero-order valence-corrected chi connectivity index (χ0v) is 15.3. The SMILES string of the molecule is CCN(Cc1cccc2c1OCCO2)C(=O)c1cc(C(C)C)n(C)n1. The highest BCUT2D eigenvalue weighted by Gasteiger charge is 2.23. The van der Waals surface area contributed by atoms with Crippen molar-refractivity contribution in [3.63, 3.8) is 0 Å². The van der Waals surface area contributed by atoms with Crippen LogP contribution in [0.5, 0.6) is 11.5 Å². The highest BCUT2D eigenvalue weighted by atomic mass is 16.6. The maximum Gasteiger partial charge on any atom is 0.274 e. The first-order chi connectivity index (χ1) is 12.0. The summed E-state index contributed by atoms with van der Waals surface area (Å²) >= 11 is 0. The third-order valence-corrected chi connectivity index (χ3v) is 4.40. The lowest BCUT2D eigenvalue weighted by Crippen LogP contribution is -2.31. The summed E-state index contributed by atoms with van der Waals surface area (Å²) in [6.07, 6.45) is 0. The second kappa shape index (κ2) is 7.17. The average molecular weight is 343 g/mol. The van der Waals surface area contributed by atoms with Gasteiger partial charge >= 0.3 is 0 Å². The van der Waals surface area contributed by atoms with E-state index in [0.29, 0.717) is 37.9 Å². The molecule has 3 rings (SSSR count). The van der Waals surface area contributed by atoms with E-state index in [0.717, 1.165) is 22.8 Å². The van der Waals surface area contributed by atoms with Gasteiger partial charge in [-0.2, -0.15) is 5.10 Å². The molecule has 0 unspecified atom stereocenters. The van der Waals surface area contributed by atoms with Gasteiger partial charge in [-0.05, 0) is 25.0 Å². The van der Waals surface area contributed by atoms with Crippen molar-refractivity contribution in [2.75, 3.05) is 19.8 Å². The Morgan fingerprint density at radius 2 is 2.08 bits per heavy atom. The minimum absolute atomic E-state index is 0.0701. The third kappa shape index (κ3) is 3.48. The molecule has 1 aliphatic rings. The summed E-state index contributed by atoms with van der Waals surface area (Å²) in [4.78, 5) is 14.7. The predicted octanol–water partition coefficient (Wildman–Crippen LogP) is 2.98. The van der Waals surface area contributed by atoms with Crippen LogP contribution in [0.1, 0.15) is 48.4 Å². The summed E-state index contributed by atoms with van der Waals surface area (Å²) in [5.41, 5.74) is 2.48. The molecule has 6 heteroatoms. The Kier molecular flexibility index (Phi) is 4.97. The Morgan fingerprint density at radius 3 is 2.76 bits per heavy atom. The quantitative estimate of drug-likeness (QED) is 0.837. The van der Waals surface area contributed by atoms with E-state index in [1.165, 1.54) is 0 Å². The van der Waals surface area contributed by atoms with Crippen LogP contribution < -0.4 is 9.47 Å². The smallest absolute Gasteiger partial charge is 0.274 e. The molecule has 1 aromatic carbocycles. The second-order valence-corrected chi connectivity index (χ2v) is 6.49. The lowest BCUT2D eigenvalue weighted by molar-refractivity contribution is 0.0742. The minimum Gasteiger partial charge on any atom is -0.486 e. The zero-order valence-electron chi connectivity index (χ0n) is 15.3. The molecule has 0 bridgehead atoms. The number of carbonyl (C=O) groups excluding carboxylic acids is 1. The van der Waals surface area contributed by atoms with Gasteiger partial charge in [-0.1, -0.05) is 26.0 Å². The number of aryl methyl sites for hydroxylation is 1. The number of carbonyl (C=O) groups is 1. The third-order valence-electron chi connectivity index (χ3n) is 4.40. The topological polar surface area (TPSA) is 56.6 Å². The fourth-order valence-corrected chi connectivity index (χ4v) is 3.08. The van der Waals surface area contributed by atoms with E-state index in [1.807, 2.05) is 38.2 Å². The molecule has 0 N–H and O–H groups in total. The summed E-state index contributed by atoms with van der Waals surface area (Å²) in [6, 6.07) is 7.68. The van der Waals surface area contributed by atoms with Crippen LogP contribution in [-0.2, 0) is 13.6 Å². The molecule has 0 radical (unpaired) electrons. The fraction of sp³-hybridized carbons (Fsp3) is 0.474. The van der Waals surface area contributed by atoms with Crippen molar-refractivity contribution in [3.8, 4) is 11.5 Å². The number of hydrogen-bond acceptors (Lipinski definition) is 4. The van der Waals surface area contributed by atoms with Crippen LogP contribution in [0.25, 0.3) is 0 Å². The summed E-state index contributed by atoms with van der Waals surface area (Å²) in [5, 5.41) is 4.40. The molecule has 6 nitrogen and oxygen atoms in total. The Labute approximate surface area is 148 Å². The molecule has 25 heavy (non-hydrogen) atoms. The largest absolute Gasteiger partial charge is 0.486 e. The molecule has 2 aromatic rings. The van der Waals surface area contributed by atoms with Gasteiger partial charge in [-0.25, -0.2) is 0 Å². The Hall–Kier alpha value is -2.50. The number of para-hydroxylation sites is 1. The van der Waals surface area contributed by atoms with Gasteiger partial charge in [0.15, 0.2) is 17.2 Å². The molecule has 2 heterocycles. The van der Waals surface area contributed by atoms with E-state index in [-0.39, 0.29) is 5.91 Å². The molecule has 0 saturated heterocycles. The maximum absolute atomic E-state index is 12.9. The number of rotatable bonds is 5. The van der Waals surface area contributed by atoms with Gasteiger partial charge in [-0.15, -0.1) is 0 Å². The van der Waals surface area contributed by atoms with Crippen LogP contribution >= 0.6 is 0 Å². The number of aromatic nitrogens is 2. The van der Waals surface area contributed by atoms with Crippen LogP contribution in [0, 0.1) is 0 Å². The number of benzene rings is 1. The van der Waals surface area contributed by atoms with Crippen molar-refractivity contribution < 1.29 is 14.3 Å². The van der Waals surface area contributed by atoms with E-state index in [4.69, 9.17) is 9.47 Å². The second-order valence-electron chi connectivity index (χ2n) is 6.49. The fourth-order valence-electron chi connectivity index (χ4n) is 3.08. The van der Waals surface area contributed by atoms with Gasteiger partial charge in [0.1, 0.15) is 13.2 Å². The monoisotopic (exact) mass is 343 g/mol. The molecule has 0 spiro atoms. The van der Waals surface area contributed by atoms with Gasteiger partial charge in [0.25, 0.3) is 5.91 Å². The van der Waals surface area contributed by atoms with Crippen LogP contribution in [0.15, 0.2) is 24.3 Å². The number of fused-ring (bicyclic) bond motifs is 1. The first kappa shape index (κ1) is 17.3. The minimum atomic E-state index is -0.0701. The van der Waals surface area contributed by atoms with Gasteiger partial charge in [-0.3, -0.25) is 9.48 Å². The lowest BCUT2D eigenvalue weighted by Gasteiger charge is -2.25. The lowest BCUT2D eigenvalue weighted by atomic mass is 10.1. The van der Waals surface area contributed by atoms with Crippen molar-refractivity contribution in [3.05, 3.63) is 41.2 Å². The Balaban J connectivity index is 1.83. The zero-order chi connectivity index (χ0) is 18.0. The molecule has 0 atom stereocenters.